The van der Waals surface area contributed by atoms with Gasteiger partial charge in [-0.05, 0) is 30.3 Å². The molecule has 2 nitrogen and oxygen atoms in total. The van der Waals surface area contributed by atoms with E-state index in [1.54, 1.807) is 37.1 Å². The lowest BCUT2D eigenvalue weighted by molar-refractivity contribution is 0.199. The summed E-state index contributed by atoms with van der Waals surface area (Å²) in [5.41, 5.74) is 0.721. The quantitative estimate of drug-likeness (QED) is 0.839. The maximum atomic E-state index is 10.3. The molecular formula is C15H15ClO2S. The van der Waals surface area contributed by atoms with Crippen LogP contribution in [0.3, 0.4) is 0 Å². The zero-order valence-corrected chi connectivity index (χ0v) is 12.1. The van der Waals surface area contributed by atoms with Crippen molar-refractivity contribution in [3.05, 3.63) is 59.1 Å². The van der Waals surface area contributed by atoms with Crippen molar-refractivity contribution in [1.29, 1.82) is 0 Å². The van der Waals surface area contributed by atoms with Crippen LogP contribution in [0.1, 0.15) is 11.7 Å². The summed E-state index contributed by atoms with van der Waals surface area (Å²) < 4.78 is 5.25. The van der Waals surface area contributed by atoms with E-state index in [-0.39, 0.29) is 0 Å². The first kappa shape index (κ1) is 14.3. The van der Waals surface area contributed by atoms with E-state index in [4.69, 9.17) is 16.3 Å². The standard InChI is InChI=1S/C15H15ClO2S/c1-18-15-8-7-11(16)9-13(15)14(17)10-19-12-5-3-2-4-6-12/h2-9,14,17H,10H2,1H3. The number of halogens is 1. The summed E-state index contributed by atoms with van der Waals surface area (Å²) in [6, 6.07) is 15.2. The number of ether oxygens (including phenoxy) is 1. The number of aliphatic hydroxyl groups excluding tert-OH is 1. The number of aliphatic hydroxyl groups is 1. The Bertz CT molecular complexity index is 531. The zero-order chi connectivity index (χ0) is 13.7. The van der Waals surface area contributed by atoms with E-state index in [2.05, 4.69) is 0 Å². The molecule has 4 heteroatoms. The molecule has 0 aliphatic carbocycles. The van der Waals surface area contributed by atoms with Crippen LogP contribution in [0.15, 0.2) is 53.4 Å². The predicted octanol–water partition coefficient (Wildman–Crippen LogP) is 4.17. The molecule has 1 unspecified atom stereocenters. The maximum absolute atomic E-state index is 10.3. The third kappa shape index (κ3) is 3.90. The van der Waals surface area contributed by atoms with Gasteiger partial charge in [-0.2, -0.15) is 0 Å². The number of rotatable bonds is 5. The number of benzene rings is 2. The fraction of sp³-hybridized carbons (Fsp3) is 0.200. The van der Waals surface area contributed by atoms with Crippen molar-refractivity contribution in [2.45, 2.75) is 11.0 Å². The van der Waals surface area contributed by atoms with Crippen LogP contribution in [0.25, 0.3) is 0 Å². The van der Waals surface area contributed by atoms with Gasteiger partial charge >= 0.3 is 0 Å². The topological polar surface area (TPSA) is 29.5 Å². The highest BCUT2D eigenvalue weighted by molar-refractivity contribution is 7.99. The first-order valence-electron chi connectivity index (χ1n) is 5.90. The van der Waals surface area contributed by atoms with Gasteiger partial charge in [-0.3, -0.25) is 0 Å². The lowest BCUT2D eigenvalue weighted by Crippen LogP contribution is -2.03. The van der Waals surface area contributed by atoms with Gasteiger partial charge in [-0.15, -0.1) is 11.8 Å². The molecule has 2 aromatic carbocycles. The minimum atomic E-state index is -0.612. The highest BCUT2D eigenvalue weighted by Crippen LogP contribution is 2.31. The van der Waals surface area contributed by atoms with Crippen molar-refractivity contribution < 1.29 is 9.84 Å². The van der Waals surface area contributed by atoms with Gasteiger partial charge < -0.3 is 9.84 Å². The number of methoxy groups -OCH3 is 1. The fourth-order valence-electron chi connectivity index (χ4n) is 1.75. The van der Waals surface area contributed by atoms with Crippen molar-refractivity contribution in [3.63, 3.8) is 0 Å². The second-order valence-corrected chi connectivity index (χ2v) is 5.56. The molecule has 0 aliphatic rings. The zero-order valence-electron chi connectivity index (χ0n) is 10.5. The first-order valence-corrected chi connectivity index (χ1v) is 7.26. The van der Waals surface area contributed by atoms with Crippen LogP contribution in [-0.4, -0.2) is 18.0 Å². The average molecular weight is 295 g/mol. The molecular weight excluding hydrogens is 280 g/mol. The van der Waals surface area contributed by atoms with Crippen LogP contribution in [-0.2, 0) is 0 Å². The molecule has 0 saturated carbocycles. The lowest BCUT2D eigenvalue weighted by Gasteiger charge is -2.15. The van der Waals surface area contributed by atoms with Gasteiger partial charge in [0.25, 0.3) is 0 Å². The third-order valence-corrected chi connectivity index (χ3v) is 4.02. The van der Waals surface area contributed by atoms with E-state index < -0.39 is 6.10 Å². The monoisotopic (exact) mass is 294 g/mol. The van der Waals surface area contributed by atoms with Crippen molar-refractivity contribution >= 4 is 23.4 Å². The van der Waals surface area contributed by atoms with Crippen LogP contribution in [0.4, 0.5) is 0 Å². The maximum Gasteiger partial charge on any atom is 0.124 e. The smallest absolute Gasteiger partial charge is 0.124 e. The van der Waals surface area contributed by atoms with E-state index in [1.165, 1.54) is 0 Å². The van der Waals surface area contributed by atoms with E-state index >= 15 is 0 Å². The Morgan fingerprint density at radius 1 is 1.21 bits per heavy atom. The molecule has 2 aromatic rings. The first-order chi connectivity index (χ1) is 9.20. The Balaban J connectivity index is 2.07. The summed E-state index contributed by atoms with van der Waals surface area (Å²) in [7, 11) is 1.59. The van der Waals surface area contributed by atoms with Gasteiger partial charge in [0.1, 0.15) is 5.75 Å². The molecule has 0 saturated heterocycles. The summed E-state index contributed by atoms with van der Waals surface area (Å²) >= 11 is 7.56. The Morgan fingerprint density at radius 3 is 2.63 bits per heavy atom. The Labute approximate surface area is 122 Å². The van der Waals surface area contributed by atoms with Gasteiger partial charge in [0.15, 0.2) is 0 Å². The molecule has 2 rings (SSSR count). The summed E-state index contributed by atoms with van der Waals surface area (Å²) in [5.74, 6) is 1.21. The largest absolute Gasteiger partial charge is 0.496 e. The molecule has 1 atom stereocenters. The van der Waals surface area contributed by atoms with Crippen LogP contribution in [0.5, 0.6) is 5.75 Å². The average Bonchev–Trinajstić information content (AvgIpc) is 2.46. The summed E-state index contributed by atoms with van der Waals surface area (Å²) in [4.78, 5) is 1.13. The van der Waals surface area contributed by atoms with Crippen molar-refractivity contribution in [1.82, 2.24) is 0 Å². The molecule has 0 aromatic heterocycles. The molecule has 0 amide bonds. The number of hydrogen-bond acceptors (Lipinski definition) is 3. The van der Waals surface area contributed by atoms with Crippen LogP contribution < -0.4 is 4.74 Å². The number of thioether (sulfide) groups is 1. The van der Waals surface area contributed by atoms with Crippen molar-refractivity contribution in [2.75, 3.05) is 12.9 Å². The predicted molar refractivity (Wildman–Crippen MR) is 80.1 cm³/mol. The highest BCUT2D eigenvalue weighted by Gasteiger charge is 2.14. The Kier molecular flexibility index (Phi) is 5.14. The van der Waals surface area contributed by atoms with Crippen LogP contribution >= 0.6 is 23.4 Å². The third-order valence-electron chi connectivity index (χ3n) is 2.70. The van der Waals surface area contributed by atoms with Crippen LogP contribution in [0.2, 0.25) is 5.02 Å². The second-order valence-electron chi connectivity index (χ2n) is 4.03. The van der Waals surface area contributed by atoms with E-state index in [0.717, 1.165) is 10.5 Å². The SMILES string of the molecule is COc1ccc(Cl)cc1C(O)CSc1ccccc1. The summed E-state index contributed by atoms with van der Waals surface area (Å²) in [5, 5.41) is 10.9. The van der Waals surface area contributed by atoms with E-state index in [9.17, 15) is 5.11 Å². The van der Waals surface area contributed by atoms with Gasteiger partial charge in [0, 0.05) is 21.2 Å². The van der Waals surface area contributed by atoms with Gasteiger partial charge in [-0.1, -0.05) is 29.8 Å². The number of hydrogen-bond donors (Lipinski definition) is 1. The van der Waals surface area contributed by atoms with E-state index in [1.807, 2.05) is 30.3 Å². The molecule has 0 radical (unpaired) electrons. The minimum absolute atomic E-state index is 0.556. The van der Waals surface area contributed by atoms with Gasteiger partial charge in [0.05, 0.1) is 13.2 Å². The molecule has 0 aliphatic heterocycles. The molecule has 0 heterocycles. The fourth-order valence-corrected chi connectivity index (χ4v) is 2.81. The Morgan fingerprint density at radius 2 is 1.95 bits per heavy atom. The Hall–Kier alpha value is -1.16. The normalized spacial score (nSPS) is 12.2. The van der Waals surface area contributed by atoms with Crippen molar-refractivity contribution in [2.24, 2.45) is 0 Å². The molecule has 0 spiro atoms. The second kappa shape index (κ2) is 6.85. The van der Waals surface area contributed by atoms with Crippen molar-refractivity contribution in [3.8, 4) is 5.75 Å². The van der Waals surface area contributed by atoms with E-state index in [0.29, 0.717) is 16.5 Å². The van der Waals surface area contributed by atoms with Crippen LogP contribution in [0, 0.1) is 0 Å². The molecule has 1 N–H and O–H groups in total. The molecule has 100 valence electrons. The van der Waals surface area contributed by atoms with Gasteiger partial charge in [-0.25, -0.2) is 0 Å². The summed E-state index contributed by atoms with van der Waals surface area (Å²) in [6.45, 7) is 0. The lowest BCUT2D eigenvalue weighted by atomic mass is 10.1. The highest BCUT2D eigenvalue weighted by atomic mass is 35.5. The summed E-state index contributed by atoms with van der Waals surface area (Å²) in [6.07, 6.45) is -0.612. The minimum Gasteiger partial charge on any atom is -0.496 e. The molecule has 0 bridgehead atoms. The van der Waals surface area contributed by atoms with Gasteiger partial charge in [0.2, 0.25) is 0 Å². The molecule has 0 fully saturated rings. The molecule has 19 heavy (non-hydrogen) atoms.